The molecule has 1 unspecified atom stereocenters. The van der Waals surface area contributed by atoms with Gasteiger partial charge in [-0.1, -0.05) is 25.1 Å². The average molecular weight is 243 g/mol. The number of carbonyl (C=O) groups is 1. The second kappa shape index (κ2) is 4.00. The third-order valence-corrected chi connectivity index (χ3v) is 4.40. The number of carbonyl (C=O) groups excluding carboxylic acids is 1. The summed E-state index contributed by atoms with van der Waals surface area (Å²) in [7, 11) is 0. The Morgan fingerprint density at radius 2 is 2.06 bits per heavy atom. The first-order valence-corrected chi connectivity index (χ1v) is 6.59. The lowest BCUT2D eigenvalue weighted by Gasteiger charge is -2.05. The number of aryl methyl sites for hydroxylation is 1. The van der Waals surface area contributed by atoms with Crippen LogP contribution in [-0.2, 0) is 11.2 Å². The first kappa shape index (κ1) is 10.5. The van der Waals surface area contributed by atoms with Crippen molar-refractivity contribution in [3.8, 4) is 0 Å². The normalized spacial score (nSPS) is 17.9. The van der Waals surface area contributed by atoms with E-state index in [-0.39, 0.29) is 11.8 Å². The molecule has 1 aliphatic heterocycles. The zero-order valence-electron chi connectivity index (χ0n) is 9.57. The fourth-order valence-corrected chi connectivity index (χ4v) is 3.30. The van der Waals surface area contributed by atoms with Gasteiger partial charge in [-0.15, -0.1) is 11.3 Å². The predicted octanol–water partition coefficient (Wildman–Crippen LogP) is 3.39. The molecule has 1 atom stereocenters. The van der Waals surface area contributed by atoms with Gasteiger partial charge in [0.25, 0.3) is 0 Å². The summed E-state index contributed by atoms with van der Waals surface area (Å²) in [6, 6.07) is 12.1. The second-order valence-electron chi connectivity index (χ2n) is 4.17. The average Bonchev–Trinajstić information content (AvgIpc) is 2.91. The van der Waals surface area contributed by atoms with Crippen LogP contribution in [0.2, 0.25) is 0 Å². The van der Waals surface area contributed by atoms with Crippen LogP contribution in [0.3, 0.4) is 0 Å². The highest BCUT2D eigenvalue weighted by atomic mass is 32.1. The van der Waals surface area contributed by atoms with E-state index < -0.39 is 0 Å². The molecule has 17 heavy (non-hydrogen) atoms. The summed E-state index contributed by atoms with van der Waals surface area (Å²) in [5.41, 5.74) is 2.05. The van der Waals surface area contributed by atoms with Crippen LogP contribution >= 0.6 is 11.3 Å². The van der Waals surface area contributed by atoms with Gasteiger partial charge in [0.05, 0.1) is 5.92 Å². The van der Waals surface area contributed by atoms with E-state index in [0.717, 1.165) is 22.5 Å². The third kappa shape index (κ3) is 1.67. The van der Waals surface area contributed by atoms with E-state index in [9.17, 15) is 4.79 Å². The smallest absolute Gasteiger partial charge is 0.237 e. The first-order chi connectivity index (χ1) is 8.29. The number of hydrogen-bond acceptors (Lipinski definition) is 2. The number of thiophene rings is 1. The van der Waals surface area contributed by atoms with Gasteiger partial charge in [0.15, 0.2) is 0 Å². The van der Waals surface area contributed by atoms with Crippen molar-refractivity contribution >= 4 is 22.9 Å². The molecule has 3 rings (SSSR count). The summed E-state index contributed by atoms with van der Waals surface area (Å²) in [6.45, 7) is 2.14. The van der Waals surface area contributed by atoms with Crippen LogP contribution in [0.25, 0.3) is 0 Å². The van der Waals surface area contributed by atoms with Crippen molar-refractivity contribution in [2.45, 2.75) is 19.3 Å². The molecule has 1 aliphatic rings. The van der Waals surface area contributed by atoms with Crippen molar-refractivity contribution in [3.05, 3.63) is 51.7 Å². The number of para-hydroxylation sites is 1. The van der Waals surface area contributed by atoms with E-state index >= 15 is 0 Å². The van der Waals surface area contributed by atoms with Gasteiger partial charge in [-0.3, -0.25) is 4.79 Å². The van der Waals surface area contributed by atoms with Crippen molar-refractivity contribution in [1.82, 2.24) is 0 Å². The monoisotopic (exact) mass is 243 g/mol. The second-order valence-corrected chi connectivity index (χ2v) is 5.37. The summed E-state index contributed by atoms with van der Waals surface area (Å²) in [4.78, 5) is 14.5. The maximum atomic E-state index is 12.0. The number of fused-ring (bicyclic) bond motifs is 1. The van der Waals surface area contributed by atoms with Crippen LogP contribution in [0.5, 0.6) is 0 Å². The molecule has 0 saturated carbocycles. The van der Waals surface area contributed by atoms with E-state index in [2.05, 4.69) is 24.4 Å². The van der Waals surface area contributed by atoms with Gasteiger partial charge >= 0.3 is 0 Å². The maximum absolute atomic E-state index is 12.0. The minimum absolute atomic E-state index is 0.0932. The van der Waals surface area contributed by atoms with Gasteiger partial charge in [-0.2, -0.15) is 0 Å². The quantitative estimate of drug-likeness (QED) is 0.860. The molecule has 0 bridgehead atoms. The van der Waals surface area contributed by atoms with Crippen molar-refractivity contribution in [2.75, 3.05) is 5.32 Å². The number of hydrogen-bond donors (Lipinski definition) is 1. The molecule has 86 valence electrons. The molecule has 2 nitrogen and oxygen atoms in total. The number of nitrogens with one attached hydrogen (secondary N) is 1. The Morgan fingerprint density at radius 3 is 2.82 bits per heavy atom. The lowest BCUT2D eigenvalue weighted by molar-refractivity contribution is -0.116. The lowest BCUT2D eigenvalue weighted by Crippen LogP contribution is -2.11. The van der Waals surface area contributed by atoms with Gasteiger partial charge in [0, 0.05) is 15.4 Å². The number of benzene rings is 1. The zero-order chi connectivity index (χ0) is 11.8. The van der Waals surface area contributed by atoms with Gasteiger partial charge in [-0.05, 0) is 30.2 Å². The topological polar surface area (TPSA) is 29.1 Å². The summed E-state index contributed by atoms with van der Waals surface area (Å²) in [5.74, 6) is -0.0211. The lowest BCUT2D eigenvalue weighted by atomic mass is 9.99. The van der Waals surface area contributed by atoms with Crippen molar-refractivity contribution in [1.29, 1.82) is 0 Å². The molecular formula is C14H13NOS. The molecule has 1 aromatic carbocycles. The summed E-state index contributed by atoms with van der Waals surface area (Å²) >= 11 is 1.74. The molecule has 1 aromatic heterocycles. The highest BCUT2D eigenvalue weighted by Crippen LogP contribution is 2.39. The number of amides is 1. The molecule has 1 amide bonds. The SMILES string of the molecule is CCc1ccc(C2C(=O)Nc3ccccc32)s1. The fraction of sp³-hybridized carbons (Fsp3) is 0.214. The molecule has 3 heteroatoms. The van der Waals surface area contributed by atoms with Crippen LogP contribution < -0.4 is 5.32 Å². The molecule has 1 N–H and O–H groups in total. The summed E-state index contributed by atoms with van der Waals surface area (Å²) < 4.78 is 0. The van der Waals surface area contributed by atoms with Gasteiger partial charge in [0.2, 0.25) is 5.91 Å². The molecule has 0 spiro atoms. The van der Waals surface area contributed by atoms with Gasteiger partial charge in [-0.25, -0.2) is 0 Å². The van der Waals surface area contributed by atoms with Crippen molar-refractivity contribution in [3.63, 3.8) is 0 Å². The van der Waals surface area contributed by atoms with Gasteiger partial charge in [0.1, 0.15) is 0 Å². The van der Waals surface area contributed by atoms with E-state index in [0.29, 0.717) is 0 Å². The van der Waals surface area contributed by atoms with E-state index in [1.807, 2.05) is 24.3 Å². The molecule has 0 fully saturated rings. The standard InChI is InChI=1S/C14H13NOS/c1-2-9-7-8-12(17-9)13-10-5-3-4-6-11(10)15-14(13)16/h3-8,13H,2H2,1H3,(H,15,16). The number of rotatable bonds is 2. The van der Waals surface area contributed by atoms with Crippen LogP contribution in [0.1, 0.15) is 28.2 Å². The Labute approximate surface area is 104 Å². The third-order valence-electron chi connectivity index (χ3n) is 3.11. The van der Waals surface area contributed by atoms with E-state index in [1.165, 1.54) is 4.88 Å². The Morgan fingerprint density at radius 1 is 1.24 bits per heavy atom. The van der Waals surface area contributed by atoms with Crippen LogP contribution in [-0.4, -0.2) is 5.91 Å². The Hall–Kier alpha value is -1.61. The van der Waals surface area contributed by atoms with Crippen LogP contribution in [0.4, 0.5) is 5.69 Å². The highest BCUT2D eigenvalue weighted by Gasteiger charge is 2.32. The first-order valence-electron chi connectivity index (χ1n) is 5.78. The van der Waals surface area contributed by atoms with E-state index in [1.54, 1.807) is 11.3 Å². The van der Waals surface area contributed by atoms with Crippen LogP contribution in [0, 0.1) is 0 Å². The van der Waals surface area contributed by atoms with Crippen molar-refractivity contribution < 1.29 is 4.79 Å². The largest absolute Gasteiger partial charge is 0.325 e. The zero-order valence-corrected chi connectivity index (χ0v) is 10.4. The fourth-order valence-electron chi connectivity index (χ4n) is 2.23. The van der Waals surface area contributed by atoms with Gasteiger partial charge < -0.3 is 5.32 Å². The minimum atomic E-state index is -0.114. The molecule has 2 heterocycles. The summed E-state index contributed by atoms with van der Waals surface area (Å²) in [6.07, 6.45) is 1.03. The minimum Gasteiger partial charge on any atom is -0.325 e. The Balaban J connectivity index is 2.06. The van der Waals surface area contributed by atoms with Crippen molar-refractivity contribution in [2.24, 2.45) is 0 Å². The summed E-state index contributed by atoms with van der Waals surface area (Å²) in [5, 5.41) is 2.94. The predicted molar refractivity (Wildman–Crippen MR) is 70.6 cm³/mol. The Bertz CT molecular complexity index is 573. The number of anilines is 1. The Kier molecular flexibility index (Phi) is 2.48. The molecule has 0 saturated heterocycles. The van der Waals surface area contributed by atoms with E-state index in [4.69, 9.17) is 0 Å². The highest BCUT2D eigenvalue weighted by molar-refractivity contribution is 7.12. The molecule has 0 aliphatic carbocycles. The molecule has 0 radical (unpaired) electrons. The molecular weight excluding hydrogens is 230 g/mol. The molecule has 2 aromatic rings. The maximum Gasteiger partial charge on any atom is 0.237 e. The van der Waals surface area contributed by atoms with Crippen LogP contribution in [0.15, 0.2) is 36.4 Å².